The van der Waals surface area contributed by atoms with Gasteiger partial charge in [0.2, 0.25) is 0 Å². The Morgan fingerprint density at radius 2 is 1.96 bits per heavy atom. The van der Waals surface area contributed by atoms with Gasteiger partial charge in [0.25, 0.3) is 0 Å². The summed E-state index contributed by atoms with van der Waals surface area (Å²) in [6, 6.07) is 5.65. The van der Waals surface area contributed by atoms with Crippen LogP contribution in [0.1, 0.15) is 21.4 Å². The van der Waals surface area contributed by atoms with Gasteiger partial charge in [0.05, 0.1) is 12.7 Å². The van der Waals surface area contributed by atoms with Crippen LogP contribution in [-0.4, -0.2) is 52.8 Å². The molecule has 0 unspecified atom stereocenters. The molecular formula is C16H15N3O3S2. The molecule has 0 N–H and O–H groups in total. The molecule has 0 aromatic carbocycles. The van der Waals surface area contributed by atoms with Crippen molar-refractivity contribution in [2.24, 2.45) is 0 Å². The Morgan fingerprint density at radius 3 is 2.62 bits per heavy atom. The average Bonchev–Trinajstić information content (AvgIpc) is 3.30. The number of thiophene rings is 2. The molecule has 24 heavy (non-hydrogen) atoms. The summed E-state index contributed by atoms with van der Waals surface area (Å²) in [6.07, 6.45) is 0.884. The highest BCUT2D eigenvalue weighted by molar-refractivity contribution is 7.10. The molecule has 2 aliphatic heterocycles. The molecule has 1 fully saturated rings. The third kappa shape index (κ3) is 2.29. The third-order valence-corrected chi connectivity index (χ3v) is 6.37. The van der Waals surface area contributed by atoms with E-state index in [9.17, 15) is 14.4 Å². The van der Waals surface area contributed by atoms with Crippen LogP contribution in [0, 0.1) is 0 Å². The van der Waals surface area contributed by atoms with Crippen LogP contribution >= 0.6 is 22.7 Å². The highest BCUT2D eigenvalue weighted by Gasteiger charge is 2.44. The van der Waals surface area contributed by atoms with Crippen molar-refractivity contribution in [2.75, 3.05) is 20.3 Å². The maximum atomic E-state index is 12.2. The van der Waals surface area contributed by atoms with E-state index >= 15 is 0 Å². The Morgan fingerprint density at radius 1 is 1.12 bits per heavy atom. The number of hydrogen-bond acceptors (Lipinski definition) is 6. The van der Waals surface area contributed by atoms with Crippen molar-refractivity contribution in [3.8, 4) is 0 Å². The molecule has 2 aromatic rings. The molecule has 4 heterocycles. The van der Waals surface area contributed by atoms with Gasteiger partial charge in [-0.1, -0.05) is 6.07 Å². The number of imide groups is 2. The normalized spacial score (nSPS) is 21.7. The summed E-state index contributed by atoms with van der Waals surface area (Å²) in [5.41, 5.74) is 1.23. The lowest BCUT2D eigenvalue weighted by Gasteiger charge is -2.36. The number of amides is 4. The molecule has 8 heteroatoms. The first-order valence-corrected chi connectivity index (χ1v) is 9.31. The van der Waals surface area contributed by atoms with Crippen LogP contribution in [0.2, 0.25) is 0 Å². The molecular weight excluding hydrogens is 346 g/mol. The SMILES string of the molecule is CN1C(=O)C(=O)N(CN2CCc3sccc3[C@@H]2c2cccs2)C1=O. The van der Waals surface area contributed by atoms with Gasteiger partial charge in [-0.25, -0.2) is 9.69 Å². The van der Waals surface area contributed by atoms with Crippen molar-refractivity contribution in [3.63, 3.8) is 0 Å². The van der Waals surface area contributed by atoms with Crippen LogP contribution in [0.5, 0.6) is 0 Å². The summed E-state index contributed by atoms with van der Waals surface area (Å²) in [6.45, 7) is 0.872. The van der Waals surface area contributed by atoms with E-state index in [4.69, 9.17) is 0 Å². The lowest BCUT2D eigenvalue weighted by atomic mass is 9.99. The quantitative estimate of drug-likeness (QED) is 0.621. The standard InChI is InChI=1S/C16H15N3O3S2/c1-17-14(20)15(21)19(16(17)22)9-18-6-4-11-10(5-8-24-11)13(18)12-3-2-7-23-12/h2-3,5,7-8,13H,4,6,9H2,1H3/t13-/m1/s1. The summed E-state index contributed by atoms with van der Waals surface area (Å²) in [4.78, 5) is 42.5. The van der Waals surface area contributed by atoms with Crippen LogP contribution in [0.4, 0.5) is 4.79 Å². The highest BCUT2D eigenvalue weighted by Crippen LogP contribution is 2.39. The zero-order chi connectivity index (χ0) is 16.8. The van der Waals surface area contributed by atoms with Gasteiger partial charge >= 0.3 is 17.8 Å². The monoisotopic (exact) mass is 361 g/mol. The van der Waals surface area contributed by atoms with E-state index in [0.29, 0.717) is 0 Å². The fourth-order valence-corrected chi connectivity index (χ4v) is 5.00. The van der Waals surface area contributed by atoms with Gasteiger partial charge in [-0.2, -0.15) is 0 Å². The fraction of sp³-hybridized carbons (Fsp3) is 0.312. The van der Waals surface area contributed by atoms with Gasteiger partial charge in [-0.05, 0) is 34.9 Å². The Bertz CT molecular complexity index is 814. The molecule has 2 aromatic heterocycles. The fourth-order valence-electron chi connectivity index (χ4n) is 3.22. The molecule has 124 valence electrons. The minimum atomic E-state index is -0.763. The molecule has 0 radical (unpaired) electrons. The highest BCUT2D eigenvalue weighted by atomic mass is 32.1. The van der Waals surface area contributed by atoms with Crippen molar-refractivity contribution < 1.29 is 14.4 Å². The predicted molar refractivity (Wildman–Crippen MR) is 90.8 cm³/mol. The van der Waals surface area contributed by atoms with E-state index in [-0.39, 0.29) is 12.7 Å². The number of hydrogen-bond donors (Lipinski definition) is 0. The summed E-state index contributed by atoms with van der Waals surface area (Å²) >= 11 is 3.40. The van der Waals surface area contributed by atoms with E-state index in [2.05, 4.69) is 22.4 Å². The molecule has 0 aliphatic carbocycles. The lowest BCUT2D eigenvalue weighted by Crippen LogP contribution is -2.46. The number of nitrogens with zero attached hydrogens (tertiary/aromatic N) is 3. The van der Waals surface area contributed by atoms with Crippen LogP contribution in [0.3, 0.4) is 0 Å². The van der Waals surface area contributed by atoms with Gasteiger partial charge in [-0.3, -0.25) is 19.4 Å². The Kier molecular flexibility index (Phi) is 3.75. The van der Waals surface area contributed by atoms with Gasteiger partial charge in [0, 0.05) is 23.3 Å². The molecule has 4 rings (SSSR count). The van der Waals surface area contributed by atoms with E-state index in [0.717, 1.165) is 22.8 Å². The summed E-state index contributed by atoms with van der Waals surface area (Å²) in [5, 5.41) is 4.11. The second kappa shape index (κ2) is 5.80. The number of urea groups is 1. The maximum absolute atomic E-state index is 12.2. The van der Waals surface area contributed by atoms with Crippen molar-refractivity contribution in [1.82, 2.24) is 14.7 Å². The van der Waals surface area contributed by atoms with Crippen molar-refractivity contribution in [1.29, 1.82) is 0 Å². The van der Waals surface area contributed by atoms with Crippen LogP contribution in [0.15, 0.2) is 29.0 Å². The second-order valence-corrected chi connectivity index (χ2v) is 7.78. The molecule has 6 nitrogen and oxygen atoms in total. The number of rotatable bonds is 3. The smallest absolute Gasteiger partial charge is 0.273 e. The van der Waals surface area contributed by atoms with Crippen molar-refractivity contribution in [2.45, 2.75) is 12.5 Å². The maximum Gasteiger partial charge on any atom is 0.335 e. The predicted octanol–water partition coefficient (Wildman–Crippen LogP) is 2.14. The van der Waals surface area contributed by atoms with E-state index in [1.807, 2.05) is 11.4 Å². The van der Waals surface area contributed by atoms with E-state index in [1.54, 1.807) is 22.7 Å². The molecule has 0 spiro atoms. The molecule has 0 bridgehead atoms. The molecule has 1 saturated heterocycles. The second-order valence-electron chi connectivity index (χ2n) is 5.80. The first-order valence-electron chi connectivity index (χ1n) is 7.55. The average molecular weight is 361 g/mol. The Hall–Kier alpha value is -2.03. The number of carbonyl (C=O) groups is 3. The molecule has 4 amide bonds. The van der Waals surface area contributed by atoms with Crippen LogP contribution in [-0.2, 0) is 16.0 Å². The molecule has 0 saturated carbocycles. The zero-order valence-electron chi connectivity index (χ0n) is 13.0. The topological polar surface area (TPSA) is 60.9 Å². The first-order chi connectivity index (χ1) is 11.6. The Balaban J connectivity index is 1.66. The summed E-state index contributed by atoms with van der Waals surface area (Å²) in [5.74, 6) is -1.51. The zero-order valence-corrected chi connectivity index (χ0v) is 14.6. The largest absolute Gasteiger partial charge is 0.335 e. The minimum Gasteiger partial charge on any atom is -0.273 e. The summed E-state index contributed by atoms with van der Waals surface area (Å²) < 4.78 is 0. The number of carbonyl (C=O) groups excluding carboxylic acids is 3. The van der Waals surface area contributed by atoms with Gasteiger partial charge in [0.15, 0.2) is 0 Å². The van der Waals surface area contributed by atoms with Gasteiger partial charge < -0.3 is 0 Å². The van der Waals surface area contributed by atoms with E-state index in [1.165, 1.54) is 22.4 Å². The van der Waals surface area contributed by atoms with Gasteiger partial charge in [-0.15, -0.1) is 22.7 Å². The number of likely N-dealkylation sites (N-methyl/N-ethyl adjacent to an activating group) is 1. The third-order valence-electron chi connectivity index (χ3n) is 4.45. The summed E-state index contributed by atoms with van der Waals surface area (Å²) in [7, 11) is 1.34. The lowest BCUT2D eigenvalue weighted by molar-refractivity contribution is -0.143. The van der Waals surface area contributed by atoms with Gasteiger partial charge in [0.1, 0.15) is 0 Å². The van der Waals surface area contributed by atoms with Crippen molar-refractivity contribution in [3.05, 3.63) is 44.3 Å². The molecule has 2 aliphatic rings. The van der Waals surface area contributed by atoms with Crippen molar-refractivity contribution >= 4 is 40.5 Å². The minimum absolute atomic E-state index is 0.0154. The number of fused-ring (bicyclic) bond motifs is 1. The van der Waals surface area contributed by atoms with E-state index < -0.39 is 17.8 Å². The Labute approximate surface area is 146 Å². The molecule has 1 atom stereocenters. The van der Waals surface area contributed by atoms with Crippen LogP contribution < -0.4 is 0 Å². The van der Waals surface area contributed by atoms with Crippen LogP contribution in [0.25, 0.3) is 0 Å². The first kappa shape index (κ1) is 15.5.